The van der Waals surface area contributed by atoms with Gasteiger partial charge in [-0.05, 0) is 49.3 Å². The highest BCUT2D eigenvalue weighted by molar-refractivity contribution is 6.08. The van der Waals surface area contributed by atoms with E-state index in [9.17, 15) is 23.2 Å². The van der Waals surface area contributed by atoms with Gasteiger partial charge in [-0.3, -0.25) is 19.3 Å². The van der Waals surface area contributed by atoms with E-state index in [-0.39, 0.29) is 41.2 Å². The number of hydrogen-bond donors (Lipinski definition) is 1. The third-order valence-electron chi connectivity index (χ3n) is 5.71. The molecule has 1 aromatic carbocycles. The lowest BCUT2D eigenvalue weighted by molar-refractivity contribution is -0.148. The Balaban J connectivity index is 1.61. The summed E-state index contributed by atoms with van der Waals surface area (Å²) in [5.41, 5.74) is 0.841. The normalized spacial score (nSPS) is 21.5. The van der Waals surface area contributed by atoms with Gasteiger partial charge in [-0.2, -0.15) is 8.78 Å². The molecule has 2 aliphatic rings. The van der Waals surface area contributed by atoms with Crippen LogP contribution in [0, 0.1) is 17.8 Å². The number of rotatable bonds is 9. The number of halogens is 2. The van der Waals surface area contributed by atoms with Crippen molar-refractivity contribution in [3.8, 4) is 5.75 Å². The fourth-order valence-electron chi connectivity index (χ4n) is 4.19. The first kappa shape index (κ1) is 22.9. The highest BCUT2D eigenvalue weighted by Crippen LogP contribution is 2.37. The second-order valence-electron chi connectivity index (χ2n) is 8.41. The number of hydrogen-bond acceptors (Lipinski definition) is 4. The average molecular weight is 434 g/mol. The molecule has 0 bridgehead atoms. The number of likely N-dealkylation sites (tertiary alicyclic amines) is 1. The fourth-order valence-corrected chi connectivity index (χ4v) is 4.19. The summed E-state index contributed by atoms with van der Waals surface area (Å²) in [6, 6.07) is 5.37. The van der Waals surface area contributed by atoms with Crippen molar-refractivity contribution in [3.63, 3.8) is 0 Å². The maximum absolute atomic E-state index is 13.0. The molecule has 1 aliphatic heterocycles. The van der Waals surface area contributed by atoms with E-state index in [1.807, 2.05) is 26.0 Å². The molecule has 3 atom stereocenters. The topological polar surface area (TPSA) is 75.7 Å². The minimum atomic E-state index is -2.88. The summed E-state index contributed by atoms with van der Waals surface area (Å²) in [7, 11) is 0. The molecule has 168 valence electrons. The number of carbonyl (C=O) groups excluding carboxylic acids is 3. The minimum absolute atomic E-state index is 0.0711. The molecule has 1 N–H and O–H groups in total. The quantitative estimate of drug-likeness (QED) is 0.478. The van der Waals surface area contributed by atoms with Crippen LogP contribution < -0.4 is 10.1 Å². The van der Waals surface area contributed by atoms with Gasteiger partial charge < -0.3 is 10.1 Å². The number of fused-ring (bicyclic) bond motifs is 1. The van der Waals surface area contributed by atoms with Crippen LogP contribution in [-0.2, 0) is 20.8 Å². The summed E-state index contributed by atoms with van der Waals surface area (Å²) in [6.45, 7) is 1.32. The van der Waals surface area contributed by atoms with Gasteiger partial charge in [0.2, 0.25) is 17.7 Å². The Morgan fingerprint density at radius 1 is 1.10 bits per heavy atom. The molecule has 3 unspecified atom stereocenters. The standard InChI is InChI=1S/C23H28F2N2O4/c1-14(2)13-19(27-21(29)17-5-3-4-6-18(17)22(27)30)20(28)26-12-11-15-7-9-16(10-8-15)31-23(24)25/h3-4,7-10,14,17-19,23H,5-6,11-13H2,1-2H3,(H,26,28). The maximum Gasteiger partial charge on any atom is 0.387 e. The van der Waals surface area contributed by atoms with E-state index < -0.39 is 12.7 Å². The number of nitrogens with one attached hydrogen (secondary N) is 1. The number of amides is 3. The zero-order valence-electron chi connectivity index (χ0n) is 17.7. The lowest BCUT2D eigenvalue weighted by atomic mass is 9.85. The zero-order chi connectivity index (χ0) is 22.5. The van der Waals surface area contributed by atoms with Gasteiger partial charge in [-0.15, -0.1) is 0 Å². The third-order valence-corrected chi connectivity index (χ3v) is 5.71. The Morgan fingerprint density at radius 3 is 2.19 bits per heavy atom. The van der Waals surface area contributed by atoms with Gasteiger partial charge in [0.15, 0.2) is 0 Å². The molecule has 1 heterocycles. The number of benzene rings is 1. The van der Waals surface area contributed by atoms with Crippen LogP contribution in [0.25, 0.3) is 0 Å². The predicted octanol–water partition coefficient (Wildman–Crippen LogP) is 3.31. The molecule has 1 aliphatic carbocycles. The molecule has 0 saturated carbocycles. The Morgan fingerprint density at radius 2 is 1.68 bits per heavy atom. The van der Waals surface area contributed by atoms with Crippen LogP contribution in [0.15, 0.2) is 36.4 Å². The van der Waals surface area contributed by atoms with Gasteiger partial charge >= 0.3 is 6.61 Å². The molecule has 8 heteroatoms. The summed E-state index contributed by atoms with van der Waals surface area (Å²) < 4.78 is 28.8. The number of carbonyl (C=O) groups is 3. The van der Waals surface area contributed by atoms with Gasteiger partial charge in [0.25, 0.3) is 0 Å². The largest absolute Gasteiger partial charge is 0.435 e. The van der Waals surface area contributed by atoms with E-state index in [1.165, 1.54) is 17.0 Å². The molecule has 1 saturated heterocycles. The second-order valence-corrected chi connectivity index (χ2v) is 8.41. The number of alkyl halides is 2. The lowest BCUT2D eigenvalue weighted by Crippen LogP contribution is -2.51. The van der Waals surface area contributed by atoms with Crippen molar-refractivity contribution in [1.82, 2.24) is 10.2 Å². The maximum atomic E-state index is 13.0. The Bertz CT molecular complexity index is 812. The molecular formula is C23H28F2N2O4. The van der Waals surface area contributed by atoms with E-state index in [4.69, 9.17) is 0 Å². The first-order valence-electron chi connectivity index (χ1n) is 10.6. The Labute approximate surface area is 180 Å². The number of allylic oxidation sites excluding steroid dienone is 2. The first-order chi connectivity index (χ1) is 14.8. The minimum Gasteiger partial charge on any atom is -0.435 e. The van der Waals surface area contributed by atoms with Gasteiger partial charge in [0, 0.05) is 6.54 Å². The molecule has 3 amide bonds. The fraction of sp³-hybridized carbons (Fsp3) is 0.522. The van der Waals surface area contributed by atoms with Crippen LogP contribution in [-0.4, -0.2) is 41.8 Å². The molecule has 0 spiro atoms. The SMILES string of the molecule is CC(C)CC(C(=O)NCCc1ccc(OC(F)F)cc1)N1C(=O)C2CC=CCC2C1=O. The van der Waals surface area contributed by atoms with Crippen molar-refractivity contribution in [1.29, 1.82) is 0 Å². The Hall–Kier alpha value is -2.77. The molecule has 0 radical (unpaired) electrons. The van der Waals surface area contributed by atoms with Crippen LogP contribution in [0.1, 0.15) is 38.7 Å². The molecule has 0 aromatic heterocycles. The molecule has 6 nitrogen and oxygen atoms in total. The molecular weight excluding hydrogens is 406 g/mol. The summed E-state index contributed by atoms with van der Waals surface area (Å²) >= 11 is 0. The van der Waals surface area contributed by atoms with Crippen LogP contribution in [0.3, 0.4) is 0 Å². The highest BCUT2D eigenvalue weighted by atomic mass is 19.3. The van der Waals surface area contributed by atoms with E-state index in [1.54, 1.807) is 12.1 Å². The third kappa shape index (κ3) is 5.48. The molecule has 1 fully saturated rings. The van der Waals surface area contributed by atoms with Gasteiger partial charge in [0.05, 0.1) is 11.8 Å². The number of ether oxygens (including phenoxy) is 1. The van der Waals surface area contributed by atoms with Gasteiger partial charge in [-0.1, -0.05) is 38.1 Å². The van der Waals surface area contributed by atoms with E-state index in [2.05, 4.69) is 10.1 Å². The van der Waals surface area contributed by atoms with E-state index in [0.717, 1.165) is 5.56 Å². The van der Waals surface area contributed by atoms with Crippen molar-refractivity contribution < 1.29 is 27.9 Å². The van der Waals surface area contributed by atoms with Crippen LogP contribution >= 0.6 is 0 Å². The van der Waals surface area contributed by atoms with E-state index in [0.29, 0.717) is 32.2 Å². The lowest BCUT2D eigenvalue weighted by Gasteiger charge is -2.27. The molecule has 1 aromatic rings. The van der Waals surface area contributed by atoms with Crippen molar-refractivity contribution in [3.05, 3.63) is 42.0 Å². The summed E-state index contributed by atoms with van der Waals surface area (Å²) in [5.74, 6) is -1.40. The summed E-state index contributed by atoms with van der Waals surface area (Å²) in [6.07, 6.45) is 5.79. The van der Waals surface area contributed by atoms with Gasteiger partial charge in [0.1, 0.15) is 11.8 Å². The van der Waals surface area contributed by atoms with Crippen molar-refractivity contribution >= 4 is 17.7 Å². The molecule has 31 heavy (non-hydrogen) atoms. The number of nitrogens with zero attached hydrogens (tertiary/aromatic N) is 1. The number of imide groups is 1. The van der Waals surface area contributed by atoms with Crippen molar-refractivity contribution in [2.45, 2.75) is 52.2 Å². The summed E-state index contributed by atoms with van der Waals surface area (Å²) in [4.78, 5) is 40.0. The monoisotopic (exact) mass is 434 g/mol. The van der Waals surface area contributed by atoms with Crippen LogP contribution in [0.2, 0.25) is 0 Å². The Kier molecular flexibility index (Phi) is 7.41. The van der Waals surface area contributed by atoms with Gasteiger partial charge in [-0.25, -0.2) is 0 Å². The van der Waals surface area contributed by atoms with Crippen molar-refractivity contribution in [2.75, 3.05) is 6.54 Å². The average Bonchev–Trinajstić information content (AvgIpc) is 2.97. The highest BCUT2D eigenvalue weighted by Gasteiger charge is 2.51. The smallest absolute Gasteiger partial charge is 0.387 e. The second kappa shape index (κ2) is 10.0. The van der Waals surface area contributed by atoms with Crippen LogP contribution in [0.5, 0.6) is 5.75 Å². The first-order valence-corrected chi connectivity index (χ1v) is 10.6. The van der Waals surface area contributed by atoms with Crippen LogP contribution in [0.4, 0.5) is 8.78 Å². The van der Waals surface area contributed by atoms with E-state index >= 15 is 0 Å². The van der Waals surface area contributed by atoms with Crippen molar-refractivity contribution in [2.24, 2.45) is 17.8 Å². The summed E-state index contributed by atoms with van der Waals surface area (Å²) in [5, 5.41) is 2.83. The predicted molar refractivity (Wildman–Crippen MR) is 110 cm³/mol. The molecule has 3 rings (SSSR count). The zero-order valence-corrected chi connectivity index (χ0v) is 17.7.